The quantitative estimate of drug-likeness (QED) is 0.671. The van der Waals surface area contributed by atoms with Crippen LogP contribution >= 0.6 is 0 Å². The topological polar surface area (TPSA) is 0 Å². The molecule has 0 heterocycles. The largest absolute Gasteiger partial charge is 0.204 e. The predicted octanol–water partition coefficient (Wildman–Crippen LogP) is 4.25. The van der Waals surface area contributed by atoms with Crippen LogP contribution in [-0.2, 0) is 0 Å². The molecule has 0 amide bonds. The standard InChI is InChI=1S/C14H12F2/c1-9-6-7-11(10(2)8-9)12-4-3-5-13(15)14(12)16/h3-8H,1-2H3. The molecule has 0 aliphatic rings. The molecule has 0 N–H and O–H groups in total. The van der Waals surface area contributed by atoms with Crippen LogP contribution in [0.25, 0.3) is 11.1 Å². The van der Waals surface area contributed by atoms with E-state index in [1.807, 2.05) is 32.0 Å². The van der Waals surface area contributed by atoms with Gasteiger partial charge in [0.25, 0.3) is 0 Å². The van der Waals surface area contributed by atoms with Crippen LogP contribution in [0.5, 0.6) is 0 Å². The van der Waals surface area contributed by atoms with Crippen LogP contribution in [0.2, 0.25) is 0 Å². The minimum atomic E-state index is -0.808. The highest BCUT2D eigenvalue weighted by molar-refractivity contribution is 5.68. The molecule has 82 valence electrons. The Morgan fingerprint density at radius 3 is 2.31 bits per heavy atom. The van der Waals surface area contributed by atoms with Gasteiger partial charge >= 0.3 is 0 Å². The van der Waals surface area contributed by atoms with Gasteiger partial charge in [-0.05, 0) is 31.0 Å². The summed E-state index contributed by atoms with van der Waals surface area (Å²) in [6.45, 7) is 3.87. The van der Waals surface area contributed by atoms with Crippen LogP contribution in [0.4, 0.5) is 8.78 Å². The fourth-order valence-corrected chi connectivity index (χ4v) is 1.83. The molecule has 0 bridgehead atoms. The van der Waals surface area contributed by atoms with E-state index in [0.717, 1.165) is 22.8 Å². The fraction of sp³-hybridized carbons (Fsp3) is 0.143. The highest BCUT2D eigenvalue weighted by atomic mass is 19.2. The van der Waals surface area contributed by atoms with E-state index in [1.165, 1.54) is 6.07 Å². The Bertz CT molecular complexity index is 530. The molecule has 2 rings (SSSR count). The van der Waals surface area contributed by atoms with Crippen LogP contribution in [0, 0.1) is 25.5 Å². The van der Waals surface area contributed by atoms with Gasteiger partial charge in [0.2, 0.25) is 0 Å². The summed E-state index contributed by atoms with van der Waals surface area (Å²) in [5.41, 5.74) is 3.11. The lowest BCUT2D eigenvalue weighted by Gasteiger charge is -2.08. The van der Waals surface area contributed by atoms with Gasteiger partial charge in [-0.25, -0.2) is 8.78 Å². The molecule has 0 aromatic heterocycles. The monoisotopic (exact) mass is 218 g/mol. The van der Waals surface area contributed by atoms with Crippen molar-refractivity contribution < 1.29 is 8.78 Å². The number of benzene rings is 2. The predicted molar refractivity (Wildman–Crippen MR) is 61.3 cm³/mol. The molecule has 0 fully saturated rings. The number of hydrogen-bond acceptors (Lipinski definition) is 0. The third-order valence-electron chi connectivity index (χ3n) is 2.62. The molecule has 0 radical (unpaired) electrons. The number of halogens is 2. The molecular weight excluding hydrogens is 206 g/mol. The van der Waals surface area contributed by atoms with E-state index >= 15 is 0 Å². The summed E-state index contributed by atoms with van der Waals surface area (Å²) in [4.78, 5) is 0. The lowest BCUT2D eigenvalue weighted by Crippen LogP contribution is -1.91. The minimum Gasteiger partial charge on any atom is -0.204 e. The molecule has 2 aromatic rings. The molecule has 0 spiro atoms. The number of aryl methyl sites for hydroxylation is 2. The molecular formula is C14H12F2. The van der Waals surface area contributed by atoms with Gasteiger partial charge in [-0.3, -0.25) is 0 Å². The Morgan fingerprint density at radius 2 is 1.62 bits per heavy atom. The van der Waals surface area contributed by atoms with Gasteiger partial charge in [0.1, 0.15) is 0 Å². The number of hydrogen-bond donors (Lipinski definition) is 0. The first-order valence-electron chi connectivity index (χ1n) is 5.11. The Labute approximate surface area is 93.5 Å². The smallest absolute Gasteiger partial charge is 0.166 e. The van der Waals surface area contributed by atoms with Crippen molar-refractivity contribution >= 4 is 0 Å². The molecule has 0 aliphatic heterocycles. The first-order chi connectivity index (χ1) is 7.59. The van der Waals surface area contributed by atoms with E-state index in [9.17, 15) is 8.78 Å². The normalized spacial score (nSPS) is 10.5. The molecule has 0 aliphatic carbocycles. The van der Waals surface area contributed by atoms with Crippen molar-refractivity contribution in [2.45, 2.75) is 13.8 Å². The zero-order chi connectivity index (χ0) is 11.7. The lowest BCUT2D eigenvalue weighted by molar-refractivity contribution is 0.511. The van der Waals surface area contributed by atoms with E-state index < -0.39 is 11.6 Å². The molecule has 0 saturated heterocycles. The average molecular weight is 218 g/mol. The van der Waals surface area contributed by atoms with Crippen molar-refractivity contribution in [2.75, 3.05) is 0 Å². The zero-order valence-corrected chi connectivity index (χ0v) is 9.22. The van der Waals surface area contributed by atoms with E-state index in [1.54, 1.807) is 6.07 Å². The Morgan fingerprint density at radius 1 is 0.875 bits per heavy atom. The summed E-state index contributed by atoms with van der Waals surface area (Å²) in [6.07, 6.45) is 0. The molecule has 0 unspecified atom stereocenters. The zero-order valence-electron chi connectivity index (χ0n) is 9.22. The second-order valence-corrected chi connectivity index (χ2v) is 3.92. The minimum absolute atomic E-state index is 0.317. The summed E-state index contributed by atoms with van der Waals surface area (Å²) in [5.74, 6) is -1.59. The van der Waals surface area contributed by atoms with E-state index in [0.29, 0.717) is 5.56 Å². The van der Waals surface area contributed by atoms with Gasteiger partial charge < -0.3 is 0 Å². The van der Waals surface area contributed by atoms with Gasteiger partial charge in [0, 0.05) is 5.56 Å². The van der Waals surface area contributed by atoms with E-state index in [4.69, 9.17) is 0 Å². The van der Waals surface area contributed by atoms with Gasteiger partial charge in [-0.2, -0.15) is 0 Å². The van der Waals surface area contributed by atoms with Crippen LogP contribution in [-0.4, -0.2) is 0 Å². The van der Waals surface area contributed by atoms with Crippen molar-refractivity contribution in [3.05, 3.63) is 59.2 Å². The van der Waals surface area contributed by atoms with Crippen LogP contribution in [0.15, 0.2) is 36.4 Å². The highest BCUT2D eigenvalue weighted by Gasteiger charge is 2.11. The third kappa shape index (κ3) is 1.83. The second kappa shape index (κ2) is 4.05. The average Bonchev–Trinajstić information content (AvgIpc) is 2.23. The van der Waals surface area contributed by atoms with Crippen LogP contribution < -0.4 is 0 Å². The Kier molecular flexibility index (Phi) is 2.73. The van der Waals surface area contributed by atoms with Crippen molar-refractivity contribution in [3.63, 3.8) is 0 Å². The lowest BCUT2D eigenvalue weighted by atomic mass is 9.98. The van der Waals surface area contributed by atoms with Gasteiger partial charge in [-0.15, -0.1) is 0 Å². The van der Waals surface area contributed by atoms with Gasteiger partial charge in [0.15, 0.2) is 11.6 Å². The van der Waals surface area contributed by atoms with Crippen molar-refractivity contribution in [1.29, 1.82) is 0 Å². The summed E-state index contributed by atoms with van der Waals surface area (Å²) >= 11 is 0. The molecule has 0 nitrogen and oxygen atoms in total. The summed E-state index contributed by atoms with van der Waals surface area (Å²) in [5, 5.41) is 0. The van der Waals surface area contributed by atoms with Crippen molar-refractivity contribution in [1.82, 2.24) is 0 Å². The summed E-state index contributed by atoms with van der Waals surface area (Å²) in [7, 11) is 0. The maximum Gasteiger partial charge on any atom is 0.166 e. The van der Waals surface area contributed by atoms with E-state index in [2.05, 4.69) is 0 Å². The first kappa shape index (κ1) is 10.8. The van der Waals surface area contributed by atoms with Crippen LogP contribution in [0.3, 0.4) is 0 Å². The first-order valence-corrected chi connectivity index (χ1v) is 5.11. The molecule has 0 saturated carbocycles. The fourth-order valence-electron chi connectivity index (χ4n) is 1.83. The summed E-state index contributed by atoms with van der Waals surface area (Å²) in [6, 6.07) is 9.92. The van der Waals surface area contributed by atoms with Gasteiger partial charge in [-0.1, -0.05) is 35.9 Å². The molecule has 2 aromatic carbocycles. The van der Waals surface area contributed by atoms with Gasteiger partial charge in [0.05, 0.1) is 0 Å². The Balaban J connectivity index is 2.63. The summed E-state index contributed by atoms with van der Waals surface area (Å²) < 4.78 is 26.7. The van der Waals surface area contributed by atoms with Crippen molar-refractivity contribution in [2.24, 2.45) is 0 Å². The highest BCUT2D eigenvalue weighted by Crippen LogP contribution is 2.27. The third-order valence-corrected chi connectivity index (χ3v) is 2.62. The molecule has 16 heavy (non-hydrogen) atoms. The van der Waals surface area contributed by atoms with Crippen molar-refractivity contribution in [3.8, 4) is 11.1 Å². The SMILES string of the molecule is Cc1ccc(-c2cccc(F)c2F)c(C)c1. The number of rotatable bonds is 1. The maximum absolute atomic E-state index is 13.6. The molecule has 0 atom stereocenters. The maximum atomic E-state index is 13.6. The second-order valence-electron chi connectivity index (χ2n) is 3.92. The Hall–Kier alpha value is -1.70. The van der Waals surface area contributed by atoms with E-state index in [-0.39, 0.29) is 0 Å². The molecule has 2 heteroatoms. The van der Waals surface area contributed by atoms with Crippen LogP contribution in [0.1, 0.15) is 11.1 Å².